The molecule has 13 heteroatoms. The Kier molecular flexibility index (Phi) is 19.5. The van der Waals surface area contributed by atoms with Crippen LogP contribution in [0.25, 0.3) is 0 Å². The molecular weight excluding hydrogens is 544 g/mol. The Bertz CT molecular complexity index is 668. The summed E-state index contributed by atoms with van der Waals surface area (Å²) in [6.07, 6.45) is 1.84. The van der Waals surface area contributed by atoms with E-state index in [4.69, 9.17) is 41.7 Å². The average Bonchev–Trinajstić information content (AvgIpc) is 2.88. The van der Waals surface area contributed by atoms with E-state index in [9.17, 15) is 14.4 Å². The van der Waals surface area contributed by atoms with Crippen LogP contribution in [-0.2, 0) is 56.1 Å². The molecule has 0 aromatic rings. The Labute approximate surface area is 240 Å². The van der Waals surface area contributed by atoms with Gasteiger partial charge in [0.2, 0.25) is 6.29 Å². The highest BCUT2D eigenvalue weighted by atomic mass is 28.4. The van der Waals surface area contributed by atoms with Crippen LogP contribution in [0.4, 0.5) is 0 Å². The maximum atomic E-state index is 12.7. The standard InChI is InChI=1S/C27H52O12Si/c1-10-16-31-25(32-17-11-2)26(33-18-12-3,34-19-13-4)27(35-20-14-5,36-21-15-6)40(37-22(7)28,38-23(8)29)39-24(9)30/h25H,10-21H2,1-9H3. The van der Waals surface area contributed by atoms with Crippen LogP contribution in [-0.4, -0.2) is 83.8 Å². The lowest BCUT2D eigenvalue weighted by Crippen LogP contribution is -2.82. The van der Waals surface area contributed by atoms with Gasteiger partial charge in [0.15, 0.2) is 0 Å². The summed E-state index contributed by atoms with van der Waals surface area (Å²) < 4.78 is 55.5. The van der Waals surface area contributed by atoms with Gasteiger partial charge in [0.25, 0.3) is 23.7 Å². The fourth-order valence-electron chi connectivity index (χ4n) is 3.70. The van der Waals surface area contributed by atoms with E-state index in [0.717, 1.165) is 20.8 Å². The van der Waals surface area contributed by atoms with Gasteiger partial charge in [-0.05, 0) is 38.5 Å². The van der Waals surface area contributed by atoms with E-state index >= 15 is 0 Å². The summed E-state index contributed by atoms with van der Waals surface area (Å²) in [5, 5.41) is 0. The van der Waals surface area contributed by atoms with Crippen LogP contribution in [0.15, 0.2) is 0 Å². The summed E-state index contributed by atoms with van der Waals surface area (Å²) in [5.74, 6) is -4.89. The largest absolute Gasteiger partial charge is 0.775 e. The van der Waals surface area contributed by atoms with Crippen molar-refractivity contribution in [2.45, 2.75) is 118 Å². The molecule has 0 spiro atoms. The van der Waals surface area contributed by atoms with Gasteiger partial charge in [-0.2, -0.15) is 0 Å². The molecule has 12 nitrogen and oxygen atoms in total. The molecule has 0 fully saturated rings. The van der Waals surface area contributed by atoms with Gasteiger partial charge in [0.1, 0.15) is 0 Å². The number of hydrogen-bond donors (Lipinski definition) is 0. The second-order valence-electron chi connectivity index (χ2n) is 9.09. The van der Waals surface area contributed by atoms with Gasteiger partial charge in [-0.1, -0.05) is 41.5 Å². The van der Waals surface area contributed by atoms with Crippen molar-refractivity contribution in [1.82, 2.24) is 0 Å². The number of carbonyl (C=O) groups is 3. The van der Waals surface area contributed by atoms with Crippen LogP contribution in [0.3, 0.4) is 0 Å². The summed E-state index contributed by atoms with van der Waals surface area (Å²) in [6.45, 7) is 15.2. The lowest BCUT2D eigenvalue weighted by Gasteiger charge is -2.52. The molecule has 0 atom stereocenters. The quantitative estimate of drug-likeness (QED) is 0.115. The summed E-state index contributed by atoms with van der Waals surface area (Å²) in [4.78, 5) is 38.0. The third-order valence-corrected chi connectivity index (χ3v) is 8.13. The zero-order valence-electron chi connectivity index (χ0n) is 26.0. The molecule has 0 aliphatic carbocycles. The lowest BCUT2D eigenvalue weighted by atomic mass is 10.2. The van der Waals surface area contributed by atoms with Gasteiger partial charge in [0.05, 0.1) is 26.4 Å². The zero-order chi connectivity index (χ0) is 30.7. The Morgan fingerprint density at radius 3 is 1.10 bits per heavy atom. The van der Waals surface area contributed by atoms with E-state index in [1.807, 2.05) is 41.5 Å². The lowest BCUT2D eigenvalue weighted by molar-refractivity contribution is -0.449. The topological polar surface area (TPSA) is 134 Å². The molecule has 0 N–H and O–H groups in total. The van der Waals surface area contributed by atoms with Gasteiger partial charge >= 0.3 is 14.2 Å². The highest BCUT2D eigenvalue weighted by molar-refractivity contribution is 6.68. The van der Waals surface area contributed by atoms with E-state index in [-0.39, 0.29) is 39.6 Å². The molecule has 0 aromatic carbocycles. The first-order valence-corrected chi connectivity index (χ1v) is 16.1. The van der Waals surface area contributed by atoms with Gasteiger partial charge in [0, 0.05) is 34.0 Å². The van der Waals surface area contributed by atoms with Crippen molar-refractivity contribution in [3.8, 4) is 0 Å². The minimum absolute atomic E-state index is 0.0107. The van der Waals surface area contributed by atoms with E-state index in [2.05, 4.69) is 0 Å². The first-order chi connectivity index (χ1) is 19.0. The predicted molar refractivity (Wildman–Crippen MR) is 148 cm³/mol. The van der Waals surface area contributed by atoms with E-state index < -0.39 is 44.2 Å². The average molecular weight is 597 g/mol. The van der Waals surface area contributed by atoms with Gasteiger partial charge in [-0.3, -0.25) is 14.4 Å². The maximum Gasteiger partial charge on any atom is 0.775 e. The third kappa shape index (κ3) is 10.7. The molecule has 0 aromatic heterocycles. The summed E-state index contributed by atoms with van der Waals surface area (Å²) in [6, 6.07) is 0. The molecule has 0 aliphatic rings. The molecule has 0 saturated carbocycles. The molecule has 40 heavy (non-hydrogen) atoms. The highest BCUT2D eigenvalue weighted by Crippen LogP contribution is 2.46. The van der Waals surface area contributed by atoms with Crippen LogP contribution in [0.2, 0.25) is 0 Å². The summed E-state index contributed by atoms with van der Waals surface area (Å²) >= 11 is 0. The minimum Gasteiger partial charge on any atom is -0.452 e. The molecule has 0 aliphatic heterocycles. The second kappa shape index (κ2) is 20.3. The minimum atomic E-state index is -5.12. The Hall–Kier alpha value is -1.61. The molecule has 0 amide bonds. The molecule has 0 unspecified atom stereocenters. The molecule has 0 bridgehead atoms. The highest BCUT2D eigenvalue weighted by Gasteiger charge is 2.85. The number of carbonyl (C=O) groups excluding carboxylic acids is 3. The van der Waals surface area contributed by atoms with Crippen molar-refractivity contribution < 1.29 is 56.1 Å². The van der Waals surface area contributed by atoms with Crippen molar-refractivity contribution in [2.24, 2.45) is 0 Å². The Balaban J connectivity index is 8.16. The van der Waals surface area contributed by atoms with E-state index in [1.54, 1.807) is 0 Å². The molecule has 0 rings (SSSR count). The van der Waals surface area contributed by atoms with Crippen LogP contribution >= 0.6 is 0 Å². The van der Waals surface area contributed by atoms with Crippen LogP contribution in [0.5, 0.6) is 0 Å². The molecule has 236 valence electrons. The first kappa shape index (κ1) is 38.4. The van der Waals surface area contributed by atoms with Crippen molar-refractivity contribution in [2.75, 3.05) is 39.6 Å². The van der Waals surface area contributed by atoms with Crippen molar-refractivity contribution >= 4 is 26.7 Å². The van der Waals surface area contributed by atoms with Crippen LogP contribution in [0, 0.1) is 0 Å². The van der Waals surface area contributed by atoms with Crippen molar-refractivity contribution in [3.05, 3.63) is 0 Å². The molecule has 0 heterocycles. The SMILES string of the molecule is CCCOC(OCCC)C(OCCC)(OCCC)C(OCCC)(OCCC)[Si](OC(C)=O)(OC(C)=O)OC(C)=O. The van der Waals surface area contributed by atoms with Gasteiger partial charge in [-0.25, -0.2) is 0 Å². The fraction of sp³-hybridized carbons (Fsp3) is 0.889. The number of ether oxygens (including phenoxy) is 6. The fourth-order valence-corrected chi connectivity index (χ4v) is 6.61. The zero-order valence-corrected chi connectivity index (χ0v) is 27.0. The van der Waals surface area contributed by atoms with Crippen LogP contribution in [0.1, 0.15) is 101 Å². The molecule has 0 saturated heterocycles. The smallest absolute Gasteiger partial charge is 0.452 e. The van der Waals surface area contributed by atoms with E-state index in [1.165, 1.54) is 0 Å². The van der Waals surface area contributed by atoms with Crippen molar-refractivity contribution in [3.63, 3.8) is 0 Å². The number of hydrogen-bond acceptors (Lipinski definition) is 12. The van der Waals surface area contributed by atoms with Gasteiger partial charge < -0.3 is 41.7 Å². The monoisotopic (exact) mass is 596 g/mol. The second-order valence-corrected chi connectivity index (χ2v) is 11.5. The Morgan fingerprint density at radius 1 is 0.525 bits per heavy atom. The number of rotatable bonds is 24. The third-order valence-electron chi connectivity index (χ3n) is 5.01. The molecule has 0 radical (unpaired) electrons. The van der Waals surface area contributed by atoms with Crippen LogP contribution < -0.4 is 0 Å². The summed E-state index contributed by atoms with van der Waals surface area (Å²) in [5.41, 5.74) is -2.44. The van der Waals surface area contributed by atoms with Gasteiger partial charge in [-0.15, -0.1) is 0 Å². The first-order valence-electron chi connectivity index (χ1n) is 14.4. The Morgan fingerprint density at radius 2 is 0.825 bits per heavy atom. The maximum absolute atomic E-state index is 12.7. The normalized spacial score (nSPS) is 12.4. The van der Waals surface area contributed by atoms with E-state index in [0.29, 0.717) is 38.5 Å². The predicted octanol–water partition coefficient (Wildman–Crippen LogP) is 4.43. The molecular formula is C27H52O12Si. The summed E-state index contributed by atoms with van der Waals surface area (Å²) in [7, 11) is -5.12. The van der Waals surface area contributed by atoms with Crippen molar-refractivity contribution in [1.29, 1.82) is 0 Å².